The van der Waals surface area contributed by atoms with E-state index in [-0.39, 0.29) is 36.5 Å². The number of likely N-dealkylation sites (N-methyl/N-ethyl adjacent to an activating group) is 1. The van der Waals surface area contributed by atoms with Gasteiger partial charge in [-0.25, -0.2) is 4.79 Å². The van der Waals surface area contributed by atoms with Gasteiger partial charge in [-0.05, 0) is 11.1 Å². The number of benzene rings is 1. The third-order valence-electron chi connectivity index (χ3n) is 5.33. The summed E-state index contributed by atoms with van der Waals surface area (Å²) in [6, 6.07) is 8.13. The summed E-state index contributed by atoms with van der Waals surface area (Å²) in [5, 5.41) is 13.4. The average Bonchev–Trinajstić information content (AvgIpc) is 3.07. The van der Waals surface area contributed by atoms with Crippen molar-refractivity contribution in [3.05, 3.63) is 59.3 Å². The van der Waals surface area contributed by atoms with Crippen LogP contribution in [0.4, 0.5) is 0 Å². The number of carbonyl (C=O) groups is 4. The number of carboxylic acids is 1. The smallest absolute Gasteiger partial charge is 0.352 e. The molecule has 10 heteroatoms. The number of amides is 2. The van der Waals surface area contributed by atoms with Crippen LogP contribution < -0.4 is 5.32 Å². The summed E-state index contributed by atoms with van der Waals surface area (Å²) in [5.74, 6) is -1.93. The molecule has 3 aliphatic heterocycles. The van der Waals surface area contributed by atoms with E-state index in [0.717, 1.165) is 5.56 Å². The molecule has 162 valence electrons. The van der Waals surface area contributed by atoms with E-state index in [1.807, 2.05) is 30.3 Å². The van der Waals surface area contributed by atoms with Crippen LogP contribution in [-0.2, 0) is 30.4 Å². The van der Waals surface area contributed by atoms with Gasteiger partial charge in [-0.2, -0.15) is 0 Å². The summed E-state index contributed by atoms with van der Waals surface area (Å²) in [5.41, 5.74) is 1.22. The zero-order chi connectivity index (χ0) is 22.1. The number of carbonyl (C=O) groups excluding carboxylic acids is 3. The third kappa shape index (κ3) is 4.21. The molecular weight excluding hydrogens is 422 g/mol. The zero-order valence-corrected chi connectivity index (χ0v) is 17.5. The SMILES string of the molecule is CN1OC(=O)CC1C=CC1=C(C(=O)O)N2C(=O)C(NC(=O)Cc3ccccc3)[C@@H]2SC1. The summed E-state index contributed by atoms with van der Waals surface area (Å²) in [6.45, 7) is 0. The average molecular weight is 443 g/mol. The largest absolute Gasteiger partial charge is 0.477 e. The lowest BCUT2D eigenvalue weighted by molar-refractivity contribution is -0.167. The minimum absolute atomic E-state index is 0.0912. The fourth-order valence-electron chi connectivity index (χ4n) is 3.76. The van der Waals surface area contributed by atoms with Crippen molar-refractivity contribution >= 4 is 35.5 Å². The molecule has 0 bridgehead atoms. The van der Waals surface area contributed by atoms with Crippen molar-refractivity contribution in [1.82, 2.24) is 15.3 Å². The van der Waals surface area contributed by atoms with Gasteiger partial charge in [0.2, 0.25) is 5.91 Å². The molecule has 3 heterocycles. The molecule has 3 atom stereocenters. The van der Waals surface area contributed by atoms with Crippen molar-refractivity contribution in [1.29, 1.82) is 0 Å². The highest BCUT2D eigenvalue weighted by atomic mass is 32.2. The predicted molar refractivity (Wildman–Crippen MR) is 111 cm³/mol. The van der Waals surface area contributed by atoms with E-state index >= 15 is 0 Å². The standard InChI is InChI=1S/C21H21N3O6S/c1-23-14(10-16(26)30-23)8-7-13-11-31-20-17(19(27)24(20)18(13)21(28)29)22-15(25)9-12-5-3-2-4-6-12/h2-8,14,17,20H,9-11H2,1H3,(H,22,25)(H,28,29)/t14?,17?,20-/m0/s1. The van der Waals surface area contributed by atoms with Crippen molar-refractivity contribution < 1.29 is 29.1 Å². The Hall–Kier alpha value is -3.11. The molecule has 0 aliphatic carbocycles. The Balaban J connectivity index is 1.46. The second-order valence-corrected chi connectivity index (χ2v) is 8.54. The van der Waals surface area contributed by atoms with E-state index in [2.05, 4.69) is 5.32 Å². The number of allylic oxidation sites excluding steroid dienone is 1. The summed E-state index contributed by atoms with van der Waals surface area (Å²) in [7, 11) is 1.62. The number of β-lactam (4-membered cyclic amide) rings is 1. The third-order valence-corrected chi connectivity index (χ3v) is 6.63. The van der Waals surface area contributed by atoms with Gasteiger partial charge >= 0.3 is 11.9 Å². The van der Waals surface area contributed by atoms with E-state index in [1.165, 1.54) is 21.7 Å². The van der Waals surface area contributed by atoms with Gasteiger partial charge in [-0.1, -0.05) is 42.5 Å². The second-order valence-electron chi connectivity index (χ2n) is 7.44. The number of hydroxylamine groups is 2. The fourth-order valence-corrected chi connectivity index (χ4v) is 5.08. The van der Waals surface area contributed by atoms with Gasteiger partial charge in [0.25, 0.3) is 5.91 Å². The van der Waals surface area contributed by atoms with Gasteiger partial charge in [-0.15, -0.1) is 16.8 Å². The molecule has 31 heavy (non-hydrogen) atoms. The first-order valence-electron chi connectivity index (χ1n) is 9.71. The molecule has 0 radical (unpaired) electrons. The molecule has 9 nitrogen and oxygen atoms in total. The first-order valence-corrected chi connectivity index (χ1v) is 10.8. The van der Waals surface area contributed by atoms with Crippen LogP contribution in [0.2, 0.25) is 0 Å². The lowest BCUT2D eigenvalue weighted by Crippen LogP contribution is -2.70. The Morgan fingerprint density at radius 1 is 1.29 bits per heavy atom. The van der Waals surface area contributed by atoms with E-state index in [4.69, 9.17) is 4.84 Å². The second kappa shape index (κ2) is 8.56. The molecule has 3 aliphatic rings. The highest BCUT2D eigenvalue weighted by molar-refractivity contribution is 8.00. The Labute approximate surface area is 182 Å². The summed E-state index contributed by atoms with van der Waals surface area (Å²) in [4.78, 5) is 54.5. The number of fused-ring (bicyclic) bond motifs is 1. The Morgan fingerprint density at radius 3 is 2.68 bits per heavy atom. The molecule has 0 saturated carbocycles. The van der Waals surface area contributed by atoms with Crippen molar-refractivity contribution in [3.8, 4) is 0 Å². The van der Waals surface area contributed by atoms with Gasteiger partial charge in [0.1, 0.15) is 17.1 Å². The van der Waals surface area contributed by atoms with Crippen LogP contribution >= 0.6 is 11.8 Å². The van der Waals surface area contributed by atoms with Crippen LogP contribution in [-0.4, -0.2) is 69.1 Å². The molecule has 0 aromatic heterocycles. The summed E-state index contributed by atoms with van der Waals surface area (Å²) >= 11 is 1.39. The monoisotopic (exact) mass is 443 g/mol. The van der Waals surface area contributed by atoms with Crippen molar-refractivity contribution in [2.75, 3.05) is 12.8 Å². The van der Waals surface area contributed by atoms with Gasteiger partial charge < -0.3 is 15.3 Å². The summed E-state index contributed by atoms with van der Waals surface area (Å²) < 4.78 is 0. The lowest BCUT2D eigenvalue weighted by atomic mass is 10.0. The molecule has 2 saturated heterocycles. The van der Waals surface area contributed by atoms with Gasteiger partial charge in [0, 0.05) is 12.8 Å². The number of nitrogens with one attached hydrogen (secondary N) is 1. The van der Waals surface area contributed by atoms with Gasteiger partial charge in [0.15, 0.2) is 0 Å². The number of rotatable bonds is 6. The van der Waals surface area contributed by atoms with Crippen molar-refractivity contribution in [2.24, 2.45) is 0 Å². The maximum atomic E-state index is 12.7. The fraction of sp³-hybridized carbons (Fsp3) is 0.333. The van der Waals surface area contributed by atoms with Crippen LogP contribution in [0.1, 0.15) is 12.0 Å². The maximum absolute atomic E-state index is 12.7. The maximum Gasteiger partial charge on any atom is 0.352 e. The molecular formula is C21H21N3O6S. The number of hydrogen-bond donors (Lipinski definition) is 2. The molecule has 2 unspecified atom stereocenters. The van der Waals surface area contributed by atoms with Crippen LogP contribution in [0.5, 0.6) is 0 Å². The molecule has 1 aromatic rings. The van der Waals surface area contributed by atoms with Gasteiger partial charge in [0.05, 0.1) is 18.9 Å². The van der Waals surface area contributed by atoms with Gasteiger partial charge in [-0.3, -0.25) is 19.3 Å². The molecule has 1 aromatic carbocycles. The topological polar surface area (TPSA) is 116 Å². The predicted octanol–water partition coefficient (Wildman–Crippen LogP) is 0.686. The van der Waals surface area contributed by atoms with Crippen molar-refractivity contribution in [2.45, 2.75) is 30.3 Å². The van der Waals surface area contributed by atoms with Crippen LogP contribution in [0.25, 0.3) is 0 Å². The van der Waals surface area contributed by atoms with Crippen LogP contribution in [0.15, 0.2) is 53.8 Å². The molecule has 2 amide bonds. The minimum atomic E-state index is -1.21. The molecule has 2 fully saturated rings. The van der Waals surface area contributed by atoms with E-state index in [9.17, 15) is 24.3 Å². The lowest BCUT2D eigenvalue weighted by Gasteiger charge is -2.49. The first kappa shape index (κ1) is 21.1. The molecule has 4 rings (SSSR count). The quantitative estimate of drug-likeness (QED) is 0.617. The Morgan fingerprint density at radius 2 is 2.03 bits per heavy atom. The highest BCUT2D eigenvalue weighted by Gasteiger charge is 2.53. The normalized spacial score (nSPS) is 26.0. The highest BCUT2D eigenvalue weighted by Crippen LogP contribution is 2.40. The number of nitrogens with zero attached hydrogens (tertiary/aromatic N) is 2. The van der Waals surface area contributed by atoms with Crippen molar-refractivity contribution in [3.63, 3.8) is 0 Å². The summed E-state index contributed by atoms with van der Waals surface area (Å²) in [6.07, 6.45) is 3.65. The van der Waals surface area contributed by atoms with Crippen LogP contribution in [0, 0.1) is 0 Å². The van der Waals surface area contributed by atoms with E-state index < -0.39 is 23.3 Å². The number of aliphatic carboxylic acids is 1. The van der Waals surface area contributed by atoms with E-state index in [1.54, 1.807) is 19.2 Å². The molecule has 0 spiro atoms. The van der Waals surface area contributed by atoms with Crippen LogP contribution in [0.3, 0.4) is 0 Å². The zero-order valence-electron chi connectivity index (χ0n) is 16.7. The minimum Gasteiger partial charge on any atom is -0.477 e. The number of hydrogen-bond acceptors (Lipinski definition) is 7. The Bertz CT molecular complexity index is 992. The number of thioether (sulfide) groups is 1. The number of carboxylic acid groups (broad SMARTS) is 1. The van der Waals surface area contributed by atoms with E-state index in [0.29, 0.717) is 11.3 Å². The molecule has 2 N–H and O–H groups in total. The Kier molecular flexibility index (Phi) is 5.84. The first-order chi connectivity index (χ1) is 14.8.